The van der Waals surface area contributed by atoms with Crippen LogP contribution in [0, 0.1) is 5.82 Å². The van der Waals surface area contributed by atoms with Crippen LogP contribution in [0.25, 0.3) is 0 Å². The molecule has 0 atom stereocenters. The van der Waals surface area contributed by atoms with Gasteiger partial charge in [0.25, 0.3) is 5.88 Å². The molecule has 94 valence electrons. The van der Waals surface area contributed by atoms with E-state index in [-0.39, 0.29) is 5.88 Å². The SMILES string of the molecule is CNCc1ccnc(Oc2cncc(Br)c2)c1F. The first-order valence-corrected chi connectivity index (χ1v) is 6.06. The first kappa shape index (κ1) is 12.9. The van der Waals surface area contributed by atoms with Crippen molar-refractivity contribution in [2.75, 3.05) is 7.05 Å². The predicted octanol–water partition coefficient (Wildman–Crippen LogP) is 2.89. The van der Waals surface area contributed by atoms with Gasteiger partial charge in [-0.1, -0.05) is 0 Å². The highest BCUT2D eigenvalue weighted by molar-refractivity contribution is 9.10. The van der Waals surface area contributed by atoms with Crippen LogP contribution in [0.15, 0.2) is 35.2 Å². The van der Waals surface area contributed by atoms with Crippen molar-refractivity contribution in [3.63, 3.8) is 0 Å². The highest BCUT2D eigenvalue weighted by atomic mass is 79.9. The van der Waals surface area contributed by atoms with Crippen LogP contribution < -0.4 is 10.1 Å². The van der Waals surface area contributed by atoms with Crippen LogP contribution >= 0.6 is 15.9 Å². The first-order chi connectivity index (χ1) is 8.70. The zero-order valence-electron chi connectivity index (χ0n) is 9.65. The van der Waals surface area contributed by atoms with E-state index in [1.54, 1.807) is 25.4 Å². The summed E-state index contributed by atoms with van der Waals surface area (Å²) in [5.41, 5.74) is 0.505. The molecule has 0 aromatic carbocycles. The van der Waals surface area contributed by atoms with Gasteiger partial charge >= 0.3 is 0 Å². The summed E-state index contributed by atoms with van der Waals surface area (Å²) in [6, 6.07) is 3.30. The van der Waals surface area contributed by atoms with Crippen molar-refractivity contribution in [2.45, 2.75) is 6.54 Å². The second kappa shape index (κ2) is 5.88. The number of pyridine rings is 2. The minimum atomic E-state index is -0.466. The summed E-state index contributed by atoms with van der Waals surface area (Å²) in [6.07, 6.45) is 4.63. The average molecular weight is 312 g/mol. The van der Waals surface area contributed by atoms with Crippen molar-refractivity contribution in [1.82, 2.24) is 15.3 Å². The Kier molecular flexibility index (Phi) is 4.22. The van der Waals surface area contributed by atoms with Gasteiger partial charge in [0.2, 0.25) is 0 Å². The van der Waals surface area contributed by atoms with Crippen molar-refractivity contribution in [2.24, 2.45) is 0 Å². The Balaban J connectivity index is 2.26. The fourth-order valence-corrected chi connectivity index (χ4v) is 1.76. The third-order valence-corrected chi connectivity index (χ3v) is 2.63. The van der Waals surface area contributed by atoms with Gasteiger partial charge < -0.3 is 10.1 Å². The lowest BCUT2D eigenvalue weighted by Gasteiger charge is -2.08. The fourth-order valence-electron chi connectivity index (χ4n) is 1.42. The molecule has 18 heavy (non-hydrogen) atoms. The summed E-state index contributed by atoms with van der Waals surface area (Å²) in [5.74, 6) is -0.0909. The average Bonchev–Trinajstić information content (AvgIpc) is 2.35. The molecule has 0 aliphatic heterocycles. The number of nitrogens with zero attached hydrogens (tertiary/aromatic N) is 2. The van der Waals surface area contributed by atoms with E-state index in [0.29, 0.717) is 17.9 Å². The number of rotatable bonds is 4. The lowest BCUT2D eigenvalue weighted by Crippen LogP contribution is -2.08. The molecule has 1 N–H and O–H groups in total. The number of hydrogen-bond acceptors (Lipinski definition) is 4. The van der Waals surface area contributed by atoms with Gasteiger partial charge in [-0.15, -0.1) is 0 Å². The van der Waals surface area contributed by atoms with Gasteiger partial charge in [0.15, 0.2) is 5.82 Å². The molecule has 2 aromatic heterocycles. The van der Waals surface area contributed by atoms with Gasteiger partial charge in [0, 0.05) is 29.0 Å². The summed E-state index contributed by atoms with van der Waals surface area (Å²) in [5, 5.41) is 2.88. The minimum absolute atomic E-state index is 0.0531. The number of nitrogens with one attached hydrogen (secondary N) is 1. The van der Waals surface area contributed by atoms with E-state index in [1.165, 1.54) is 12.4 Å². The smallest absolute Gasteiger partial charge is 0.256 e. The third kappa shape index (κ3) is 3.02. The highest BCUT2D eigenvalue weighted by Gasteiger charge is 2.11. The van der Waals surface area contributed by atoms with Crippen LogP contribution in [0.5, 0.6) is 11.6 Å². The van der Waals surface area contributed by atoms with Crippen molar-refractivity contribution >= 4 is 15.9 Å². The summed E-state index contributed by atoms with van der Waals surface area (Å²) in [4.78, 5) is 7.81. The van der Waals surface area contributed by atoms with Crippen LogP contribution in [0.1, 0.15) is 5.56 Å². The maximum absolute atomic E-state index is 14.0. The lowest BCUT2D eigenvalue weighted by molar-refractivity contribution is 0.416. The van der Waals surface area contributed by atoms with E-state index in [0.717, 1.165) is 4.47 Å². The third-order valence-electron chi connectivity index (χ3n) is 2.20. The number of halogens is 2. The Hall–Kier alpha value is -1.53. The lowest BCUT2D eigenvalue weighted by atomic mass is 10.2. The van der Waals surface area contributed by atoms with Gasteiger partial charge in [0.1, 0.15) is 5.75 Å². The van der Waals surface area contributed by atoms with Crippen LogP contribution in [0.2, 0.25) is 0 Å². The molecule has 0 unspecified atom stereocenters. The number of aromatic nitrogens is 2. The molecule has 2 aromatic rings. The maximum atomic E-state index is 14.0. The molecular weight excluding hydrogens is 301 g/mol. The van der Waals surface area contributed by atoms with Crippen LogP contribution in [0.4, 0.5) is 4.39 Å². The van der Waals surface area contributed by atoms with E-state index >= 15 is 0 Å². The number of ether oxygens (including phenoxy) is 1. The van der Waals surface area contributed by atoms with E-state index in [2.05, 4.69) is 31.2 Å². The van der Waals surface area contributed by atoms with Crippen LogP contribution in [-0.4, -0.2) is 17.0 Å². The van der Waals surface area contributed by atoms with E-state index < -0.39 is 5.82 Å². The summed E-state index contributed by atoms with van der Waals surface area (Å²) in [6.45, 7) is 0.418. The minimum Gasteiger partial charge on any atom is -0.435 e. The topological polar surface area (TPSA) is 47.0 Å². The second-order valence-electron chi connectivity index (χ2n) is 3.56. The van der Waals surface area contributed by atoms with Gasteiger partial charge in [0.05, 0.1) is 6.20 Å². The summed E-state index contributed by atoms with van der Waals surface area (Å²) >= 11 is 3.27. The quantitative estimate of drug-likeness (QED) is 0.943. The molecule has 0 saturated carbocycles. The molecular formula is C12H11BrFN3O. The molecule has 2 heterocycles. The van der Waals surface area contributed by atoms with Gasteiger partial charge in [-0.3, -0.25) is 4.98 Å². The Labute approximate surface area is 112 Å². The molecule has 0 amide bonds. The molecule has 6 heteroatoms. The summed E-state index contributed by atoms with van der Waals surface area (Å²) < 4.78 is 20.1. The van der Waals surface area contributed by atoms with Gasteiger partial charge in [-0.25, -0.2) is 9.37 Å². The monoisotopic (exact) mass is 311 g/mol. The molecule has 4 nitrogen and oxygen atoms in total. The maximum Gasteiger partial charge on any atom is 0.256 e. The zero-order chi connectivity index (χ0) is 13.0. The van der Waals surface area contributed by atoms with E-state index in [9.17, 15) is 4.39 Å². The van der Waals surface area contributed by atoms with Crippen LogP contribution in [0.3, 0.4) is 0 Å². The molecule has 0 spiro atoms. The molecule has 0 saturated heterocycles. The van der Waals surface area contributed by atoms with Crippen molar-refractivity contribution in [3.8, 4) is 11.6 Å². The molecule has 0 aliphatic rings. The largest absolute Gasteiger partial charge is 0.435 e. The predicted molar refractivity (Wildman–Crippen MR) is 69.0 cm³/mol. The van der Waals surface area contributed by atoms with Crippen LogP contribution in [-0.2, 0) is 6.54 Å². The Bertz CT molecular complexity index is 551. The second-order valence-corrected chi connectivity index (χ2v) is 4.48. The highest BCUT2D eigenvalue weighted by Crippen LogP contribution is 2.25. The molecule has 0 radical (unpaired) electrons. The number of hydrogen-bond donors (Lipinski definition) is 1. The van der Waals surface area contributed by atoms with Crippen molar-refractivity contribution < 1.29 is 9.13 Å². The molecule has 2 rings (SSSR count). The van der Waals surface area contributed by atoms with E-state index in [4.69, 9.17) is 4.74 Å². The molecule has 0 bridgehead atoms. The fraction of sp³-hybridized carbons (Fsp3) is 0.167. The van der Waals surface area contributed by atoms with Gasteiger partial charge in [-0.2, -0.15) is 0 Å². The molecule has 0 aliphatic carbocycles. The normalized spacial score (nSPS) is 10.4. The Morgan fingerprint density at radius 2 is 2.28 bits per heavy atom. The zero-order valence-corrected chi connectivity index (χ0v) is 11.2. The Morgan fingerprint density at radius 3 is 3.00 bits per heavy atom. The van der Waals surface area contributed by atoms with Crippen molar-refractivity contribution in [3.05, 3.63) is 46.6 Å². The summed E-state index contributed by atoms with van der Waals surface area (Å²) in [7, 11) is 1.75. The first-order valence-electron chi connectivity index (χ1n) is 5.27. The Morgan fingerprint density at radius 1 is 1.44 bits per heavy atom. The van der Waals surface area contributed by atoms with Crippen molar-refractivity contribution in [1.29, 1.82) is 0 Å². The standard InChI is InChI=1S/C12H11BrFN3O/c1-15-5-8-2-3-17-12(11(8)14)18-10-4-9(13)6-16-7-10/h2-4,6-7,15H,5H2,1H3. The van der Waals surface area contributed by atoms with Gasteiger partial charge in [-0.05, 0) is 35.1 Å². The molecule has 0 fully saturated rings. The van der Waals surface area contributed by atoms with E-state index in [1.807, 2.05) is 0 Å².